The standard InChI is InChI=1S/C15H30N2S/c1-5-13-7-6-12(2)17(13)15(10-16)11-18-9-8-14(15,3)4/h12-13H,5-11,16H2,1-4H3. The number of rotatable bonds is 3. The van der Waals surface area contributed by atoms with Crippen molar-refractivity contribution in [2.75, 3.05) is 18.1 Å². The van der Waals surface area contributed by atoms with Crippen molar-refractivity contribution in [3.8, 4) is 0 Å². The maximum atomic E-state index is 6.32. The molecule has 2 fully saturated rings. The molecule has 2 rings (SSSR count). The van der Waals surface area contributed by atoms with Gasteiger partial charge in [0.15, 0.2) is 0 Å². The molecule has 0 aliphatic carbocycles. The largest absolute Gasteiger partial charge is 0.329 e. The van der Waals surface area contributed by atoms with Gasteiger partial charge < -0.3 is 5.73 Å². The van der Waals surface area contributed by atoms with Gasteiger partial charge in [-0.1, -0.05) is 20.8 Å². The van der Waals surface area contributed by atoms with Crippen LogP contribution in [0.15, 0.2) is 0 Å². The molecule has 3 unspecified atom stereocenters. The van der Waals surface area contributed by atoms with Crippen molar-refractivity contribution in [2.45, 2.75) is 71.0 Å². The van der Waals surface area contributed by atoms with Crippen LogP contribution in [0.4, 0.5) is 0 Å². The highest BCUT2D eigenvalue weighted by molar-refractivity contribution is 7.99. The van der Waals surface area contributed by atoms with Crippen molar-refractivity contribution in [3.63, 3.8) is 0 Å². The van der Waals surface area contributed by atoms with Crippen LogP contribution in [0.5, 0.6) is 0 Å². The second kappa shape index (κ2) is 5.34. The molecule has 2 aliphatic heterocycles. The predicted octanol–water partition coefficient (Wildman–Crippen LogP) is 3.11. The lowest BCUT2D eigenvalue weighted by atomic mass is 9.69. The SMILES string of the molecule is CCC1CCC(C)N1C1(CN)CSCCC1(C)C. The molecule has 0 aromatic rings. The Balaban J connectivity index is 2.35. The lowest BCUT2D eigenvalue weighted by Crippen LogP contribution is -2.68. The van der Waals surface area contributed by atoms with Gasteiger partial charge in [0.1, 0.15) is 0 Å². The summed E-state index contributed by atoms with van der Waals surface area (Å²) in [5, 5.41) is 0. The molecule has 0 radical (unpaired) electrons. The van der Waals surface area contributed by atoms with Crippen LogP contribution >= 0.6 is 11.8 Å². The first kappa shape index (κ1) is 14.7. The first-order chi connectivity index (χ1) is 8.48. The van der Waals surface area contributed by atoms with Crippen LogP contribution < -0.4 is 5.73 Å². The quantitative estimate of drug-likeness (QED) is 0.854. The molecule has 0 aromatic heterocycles. The van der Waals surface area contributed by atoms with Crippen molar-refractivity contribution in [1.29, 1.82) is 0 Å². The summed E-state index contributed by atoms with van der Waals surface area (Å²) in [6.45, 7) is 10.4. The van der Waals surface area contributed by atoms with E-state index in [0.29, 0.717) is 11.5 Å². The molecule has 2 N–H and O–H groups in total. The fourth-order valence-electron chi connectivity index (χ4n) is 4.10. The number of thioether (sulfide) groups is 1. The Kier molecular flexibility index (Phi) is 4.35. The van der Waals surface area contributed by atoms with Gasteiger partial charge in [-0.3, -0.25) is 4.90 Å². The molecular weight excluding hydrogens is 240 g/mol. The Morgan fingerprint density at radius 1 is 1.33 bits per heavy atom. The minimum atomic E-state index is 0.215. The number of hydrogen-bond acceptors (Lipinski definition) is 3. The van der Waals surface area contributed by atoms with Crippen LogP contribution in [0, 0.1) is 5.41 Å². The summed E-state index contributed by atoms with van der Waals surface area (Å²) in [4.78, 5) is 2.82. The molecule has 3 heteroatoms. The third-order valence-electron chi connectivity index (χ3n) is 5.56. The summed E-state index contributed by atoms with van der Waals surface area (Å²) in [6, 6.07) is 1.46. The van der Waals surface area contributed by atoms with Crippen molar-refractivity contribution in [2.24, 2.45) is 11.1 Å². The van der Waals surface area contributed by atoms with E-state index in [2.05, 4.69) is 44.4 Å². The average molecular weight is 270 g/mol. The molecule has 0 saturated carbocycles. The highest BCUT2D eigenvalue weighted by atomic mass is 32.2. The van der Waals surface area contributed by atoms with E-state index in [9.17, 15) is 0 Å². The third-order valence-corrected chi connectivity index (χ3v) is 6.74. The molecule has 0 aromatic carbocycles. The normalized spacial score (nSPS) is 41.2. The number of likely N-dealkylation sites (tertiary alicyclic amines) is 1. The van der Waals surface area contributed by atoms with E-state index in [-0.39, 0.29) is 5.54 Å². The lowest BCUT2D eigenvalue weighted by molar-refractivity contribution is -0.0300. The molecule has 106 valence electrons. The molecule has 3 atom stereocenters. The van der Waals surface area contributed by atoms with E-state index in [1.54, 1.807) is 0 Å². The molecule has 0 spiro atoms. The summed E-state index contributed by atoms with van der Waals surface area (Å²) in [5.41, 5.74) is 6.88. The molecule has 2 nitrogen and oxygen atoms in total. The summed E-state index contributed by atoms with van der Waals surface area (Å²) < 4.78 is 0. The zero-order valence-electron chi connectivity index (χ0n) is 12.5. The molecule has 2 saturated heterocycles. The highest BCUT2D eigenvalue weighted by Crippen LogP contribution is 2.49. The Hall–Kier alpha value is 0.270. The smallest absolute Gasteiger partial charge is 0.0478 e. The molecule has 18 heavy (non-hydrogen) atoms. The first-order valence-electron chi connectivity index (χ1n) is 7.55. The first-order valence-corrected chi connectivity index (χ1v) is 8.70. The Morgan fingerprint density at radius 2 is 2.06 bits per heavy atom. The zero-order chi connectivity index (χ0) is 13.4. The van der Waals surface area contributed by atoms with Crippen LogP contribution in [-0.2, 0) is 0 Å². The monoisotopic (exact) mass is 270 g/mol. The Bertz CT molecular complexity index is 292. The molecule has 2 aliphatic rings. The third kappa shape index (κ3) is 2.12. The minimum Gasteiger partial charge on any atom is -0.329 e. The van der Waals surface area contributed by atoms with Crippen molar-refractivity contribution in [3.05, 3.63) is 0 Å². The van der Waals surface area contributed by atoms with Crippen LogP contribution in [0.25, 0.3) is 0 Å². The maximum Gasteiger partial charge on any atom is 0.0478 e. The molecule has 2 heterocycles. The van der Waals surface area contributed by atoms with Crippen LogP contribution in [-0.4, -0.2) is 40.6 Å². The minimum absolute atomic E-state index is 0.215. The van der Waals surface area contributed by atoms with Crippen LogP contribution in [0.2, 0.25) is 0 Å². The summed E-state index contributed by atoms with van der Waals surface area (Å²) >= 11 is 2.11. The van der Waals surface area contributed by atoms with Gasteiger partial charge in [-0.15, -0.1) is 0 Å². The second-order valence-corrected chi connectivity index (χ2v) is 7.92. The summed E-state index contributed by atoms with van der Waals surface area (Å²) in [6.07, 6.45) is 5.28. The van der Waals surface area contributed by atoms with Crippen LogP contribution in [0.3, 0.4) is 0 Å². The van der Waals surface area contributed by atoms with Crippen molar-refractivity contribution in [1.82, 2.24) is 4.90 Å². The molecule has 0 amide bonds. The van der Waals surface area contributed by atoms with Crippen molar-refractivity contribution >= 4 is 11.8 Å². The topological polar surface area (TPSA) is 29.3 Å². The van der Waals surface area contributed by atoms with Gasteiger partial charge in [0.25, 0.3) is 0 Å². The van der Waals surface area contributed by atoms with Gasteiger partial charge in [-0.25, -0.2) is 0 Å². The molecule has 0 bridgehead atoms. The average Bonchev–Trinajstić information content (AvgIpc) is 2.71. The number of nitrogens with zero attached hydrogens (tertiary/aromatic N) is 1. The van der Waals surface area contributed by atoms with E-state index in [1.165, 1.54) is 37.2 Å². The van der Waals surface area contributed by atoms with E-state index >= 15 is 0 Å². The zero-order valence-corrected chi connectivity index (χ0v) is 13.4. The van der Waals surface area contributed by atoms with E-state index in [4.69, 9.17) is 5.73 Å². The lowest BCUT2D eigenvalue weighted by Gasteiger charge is -2.57. The predicted molar refractivity (Wildman–Crippen MR) is 82.1 cm³/mol. The van der Waals surface area contributed by atoms with E-state index < -0.39 is 0 Å². The Labute approximate surface area is 117 Å². The fraction of sp³-hybridized carbons (Fsp3) is 1.00. The molecular formula is C15H30N2S. The van der Waals surface area contributed by atoms with Crippen molar-refractivity contribution < 1.29 is 0 Å². The van der Waals surface area contributed by atoms with Gasteiger partial charge in [0.2, 0.25) is 0 Å². The number of nitrogens with two attached hydrogens (primary N) is 1. The van der Waals surface area contributed by atoms with Gasteiger partial charge in [0.05, 0.1) is 0 Å². The van der Waals surface area contributed by atoms with E-state index in [1.807, 2.05) is 0 Å². The second-order valence-electron chi connectivity index (χ2n) is 6.82. The van der Waals surface area contributed by atoms with Gasteiger partial charge in [-0.05, 0) is 43.8 Å². The Morgan fingerprint density at radius 3 is 2.61 bits per heavy atom. The summed E-state index contributed by atoms with van der Waals surface area (Å²) in [7, 11) is 0. The highest BCUT2D eigenvalue weighted by Gasteiger charge is 2.54. The van der Waals surface area contributed by atoms with E-state index in [0.717, 1.165) is 12.6 Å². The number of hydrogen-bond donors (Lipinski definition) is 1. The summed E-state index contributed by atoms with van der Waals surface area (Å²) in [5.74, 6) is 2.52. The van der Waals surface area contributed by atoms with Gasteiger partial charge >= 0.3 is 0 Å². The fourth-order valence-corrected chi connectivity index (χ4v) is 5.90. The van der Waals surface area contributed by atoms with Gasteiger partial charge in [-0.2, -0.15) is 11.8 Å². The maximum absolute atomic E-state index is 6.32. The van der Waals surface area contributed by atoms with Gasteiger partial charge in [0, 0.05) is 29.9 Å². The van der Waals surface area contributed by atoms with Crippen LogP contribution in [0.1, 0.15) is 53.4 Å².